The van der Waals surface area contributed by atoms with Crippen LogP contribution in [0.3, 0.4) is 0 Å². The maximum atomic E-state index is 8.52. The second-order valence-corrected chi connectivity index (χ2v) is 2.49. The Morgan fingerprint density at radius 2 is 1.22 bits per heavy atom. The van der Waals surface area contributed by atoms with Gasteiger partial charge in [-0.15, -0.1) is 0 Å². The summed E-state index contributed by atoms with van der Waals surface area (Å²) in [6.45, 7) is 7.16. The Hall–Kier alpha value is -0.120. The molecule has 0 amide bonds. The van der Waals surface area contributed by atoms with Gasteiger partial charge in [-0.1, -0.05) is 0 Å². The van der Waals surface area contributed by atoms with Crippen molar-refractivity contribution in [3.05, 3.63) is 0 Å². The summed E-state index contributed by atoms with van der Waals surface area (Å²) >= 11 is 0. The van der Waals surface area contributed by atoms with Gasteiger partial charge < -0.3 is 15.7 Å². The molecule has 0 saturated heterocycles. The van der Waals surface area contributed by atoms with Crippen LogP contribution in [-0.4, -0.2) is 27.9 Å². The predicted octanol–water partition coefficient (Wildman–Crippen LogP) is -0.0489. The topological polar surface area (TPSA) is 72.0 Å². The van der Waals surface area contributed by atoms with Crippen LogP contribution in [-0.2, 0) is 0 Å². The number of hydrogen-bond donors (Lipinski definition) is 2. The van der Waals surface area contributed by atoms with Gasteiger partial charge in [0.05, 0.1) is 5.60 Å². The molecular formula is C6H18O3. The largest absolute Gasteiger partial charge is 0.412 e. The molecule has 0 bridgehead atoms. The highest BCUT2D eigenvalue weighted by Crippen LogP contribution is 1.93. The fourth-order valence-electron chi connectivity index (χ4n) is 0. The van der Waals surface area contributed by atoms with Crippen molar-refractivity contribution < 1.29 is 15.7 Å². The van der Waals surface area contributed by atoms with Crippen LogP contribution in [0.25, 0.3) is 0 Å². The van der Waals surface area contributed by atoms with E-state index in [1.54, 1.807) is 27.7 Å². The van der Waals surface area contributed by atoms with Crippen molar-refractivity contribution in [2.75, 3.05) is 6.61 Å². The van der Waals surface area contributed by atoms with Crippen LogP contribution >= 0.6 is 0 Å². The van der Waals surface area contributed by atoms with Crippen molar-refractivity contribution in [2.24, 2.45) is 0 Å². The van der Waals surface area contributed by atoms with Crippen molar-refractivity contribution in [2.45, 2.75) is 33.3 Å². The van der Waals surface area contributed by atoms with Crippen LogP contribution < -0.4 is 0 Å². The quantitative estimate of drug-likeness (QED) is 0.492. The fourth-order valence-corrected chi connectivity index (χ4v) is 0. The molecule has 0 rings (SSSR count). The molecule has 0 aliphatic heterocycles. The minimum absolute atomic E-state index is 0. The van der Waals surface area contributed by atoms with Gasteiger partial charge in [0, 0.05) is 6.61 Å². The van der Waals surface area contributed by atoms with E-state index in [2.05, 4.69) is 0 Å². The lowest BCUT2D eigenvalue weighted by Crippen LogP contribution is -2.10. The maximum absolute atomic E-state index is 8.52. The summed E-state index contributed by atoms with van der Waals surface area (Å²) in [6.07, 6.45) is 0. The van der Waals surface area contributed by atoms with Crippen molar-refractivity contribution in [1.82, 2.24) is 0 Å². The van der Waals surface area contributed by atoms with Gasteiger partial charge in [0.25, 0.3) is 0 Å². The van der Waals surface area contributed by atoms with Crippen LogP contribution in [0.4, 0.5) is 0 Å². The summed E-state index contributed by atoms with van der Waals surface area (Å²) in [4.78, 5) is 0. The van der Waals surface area contributed by atoms with Crippen LogP contribution in [0.2, 0.25) is 0 Å². The third-order valence-electron chi connectivity index (χ3n) is 0. The molecule has 0 spiro atoms. The van der Waals surface area contributed by atoms with Gasteiger partial charge in [0.2, 0.25) is 0 Å². The van der Waals surface area contributed by atoms with Gasteiger partial charge in [0.15, 0.2) is 0 Å². The molecular weight excluding hydrogens is 120 g/mol. The maximum Gasteiger partial charge on any atom is 0.0563 e. The minimum atomic E-state index is -0.500. The smallest absolute Gasteiger partial charge is 0.0563 e. The summed E-state index contributed by atoms with van der Waals surface area (Å²) in [5, 5.41) is 16.1. The van der Waals surface area contributed by atoms with Gasteiger partial charge >= 0.3 is 0 Å². The molecule has 0 aromatic carbocycles. The van der Waals surface area contributed by atoms with Crippen molar-refractivity contribution in [3.8, 4) is 0 Å². The van der Waals surface area contributed by atoms with E-state index in [-0.39, 0.29) is 12.1 Å². The molecule has 4 N–H and O–H groups in total. The van der Waals surface area contributed by atoms with Gasteiger partial charge in [-0.05, 0) is 27.7 Å². The monoisotopic (exact) mass is 138 g/mol. The average molecular weight is 138 g/mol. The van der Waals surface area contributed by atoms with Gasteiger partial charge in [-0.3, -0.25) is 0 Å². The first-order valence-electron chi connectivity index (χ1n) is 2.75. The zero-order valence-electron chi connectivity index (χ0n) is 6.60. The summed E-state index contributed by atoms with van der Waals surface area (Å²) in [7, 11) is 0. The normalized spacial score (nSPS) is 8.67. The Morgan fingerprint density at radius 3 is 1.22 bits per heavy atom. The lowest BCUT2D eigenvalue weighted by molar-refractivity contribution is 0.102. The third kappa shape index (κ3) is 18900. The molecule has 0 unspecified atom stereocenters. The number of aliphatic hydroxyl groups is 2. The van der Waals surface area contributed by atoms with Crippen LogP contribution in [0, 0.1) is 0 Å². The van der Waals surface area contributed by atoms with Gasteiger partial charge in [-0.2, -0.15) is 0 Å². The molecule has 0 heterocycles. The molecule has 60 valence electrons. The van der Waals surface area contributed by atoms with E-state index in [9.17, 15) is 0 Å². The van der Waals surface area contributed by atoms with Crippen molar-refractivity contribution in [3.63, 3.8) is 0 Å². The minimum Gasteiger partial charge on any atom is -0.412 e. The third-order valence-corrected chi connectivity index (χ3v) is 0. The fraction of sp³-hybridized carbons (Fsp3) is 1.00. The van der Waals surface area contributed by atoms with Crippen LogP contribution in [0.5, 0.6) is 0 Å². The Morgan fingerprint density at radius 1 is 1.22 bits per heavy atom. The number of hydrogen-bond acceptors (Lipinski definition) is 2. The second kappa shape index (κ2) is 7.88. The summed E-state index contributed by atoms with van der Waals surface area (Å²) in [5.41, 5.74) is -0.500. The second-order valence-electron chi connectivity index (χ2n) is 2.49. The van der Waals surface area contributed by atoms with Crippen molar-refractivity contribution in [1.29, 1.82) is 0 Å². The first kappa shape index (κ1) is 15.9. The highest BCUT2D eigenvalue weighted by molar-refractivity contribution is 4.50. The summed E-state index contributed by atoms with van der Waals surface area (Å²) in [5.74, 6) is 0. The highest BCUT2D eigenvalue weighted by atomic mass is 16.3. The first-order valence-corrected chi connectivity index (χ1v) is 2.75. The van der Waals surface area contributed by atoms with E-state index in [1.807, 2.05) is 0 Å². The van der Waals surface area contributed by atoms with Crippen LogP contribution in [0.1, 0.15) is 27.7 Å². The van der Waals surface area contributed by atoms with E-state index in [0.717, 1.165) is 0 Å². The Labute approximate surface area is 56.6 Å². The molecule has 0 aliphatic carbocycles. The number of aliphatic hydroxyl groups excluding tert-OH is 1. The predicted molar refractivity (Wildman–Crippen MR) is 38.3 cm³/mol. The van der Waals surface area contributed by atoms with Gasteiger partial charge in [-0.25, -0.2) is 0 Å². The molecule has 0 fully saturated rings. The van der Waals surface area contributed by atoms with E-state index in [1.165, 1.54) is 0 Å². The highest BCUT2D eigenvalue weighted by Gasteiger charge is 1.97. The van der Waals surface area contributed by atoms with E-state index >= 15 is 0 Å². The Bertz CT molecular complexity index is 32.1. The lowest BCUT2D eigenvalue weighted by Gasteiger charge is -2.04. The SMILES string of the molecule is CC(C)(C)O.CCO.O. The summed E-state index contributed by atoms with van der Waals surface area (Å²) in [6, 6.07) is 0. The molecule has 0 aromatic rings. The Balaban J connectivity index is -0.0000000800. The zero-order chi connectivity index (χ0) is 7.21. The molecule has 0 radical (unpaired) electrons. The lowest BCUT2D eigenvalue weighted by atomic mass is 10.2. The molecule has 0 aliphatic rings. The molecule has 9 heavy (non-hydrogen) atoms. The van der Waals surface area contributed by atoms with E-state index < -0.39 is 5.60 Å². The van der Waals surface area contributed by atoms with Crippen molar-refractivity contribution >= 4 is 0 Å². The van der Waals surface area contributed by atoms with Crippen LogP contribution in [0.15, 0.2) is 0 Å². The molecule has 0 atom stereocenters. The standard InChI is InChI=1S/C4H10O.C2H6O.H2O/c1-4(2,3)5;1-2-3;/h5H,1-3H3;3H,2H2,1H3;1H2. The molecule has 3 heteroatoms. The Kier molecular flexibility index (Phi) is 14.0. The van der Waals surface area contributed by atoms with Gasteiger partial charge in [0.1, 0.15) is 0 Å². The first-order chi connectivity index (χ1) is 3.41. The number of rotatable bonds is 0. The molecule has 0 aromatic heterocycles. The zero-order valence-corrected chi connectivity index (χ0v) is 6.60. The molecule has 0 saturated carbocycles. The summed E-state index contributed by atoms with van der Waals surface area (Å²) < 4.78 is 0. The average Bonchev–Trinajstić information content (AvgIpc) is 1.27. The van der Waals surface area contributed by atoms with E-state index in [4.69, 9.17) is 10.2 Å². The molecule has 3 nitrogen and oxygen atoms in total. The van der Waals surface area contributed by atoms with E-state index in [0.29, 0.717) is 0 Å².